The summed E-state index contributed by atoms with van der Waals surface area (Å²) in [6, 6.07) is 13.5. The van der Waals surface area contributed by atoms with Crippen LogP contribution in [0.15, 0.2) is 48.5 Å². The van der Waals surface area contributed by atoms with Gasteiger partial charge in [-0.25, -0.2) is 4.79 Å². The highest BCUT2D eigenvalue weighted by Gasteiger charge is 2.19. The normalized spacial score (nSPS) is 13.4. The van der Waals surface area contributed by atoms with Crippen LogP contribution in [0.5, 0.6) is 0 Å². The number of rotatable bonds is 6. The molecular weight excluding hydrogens is 344 g/mol. The van der Waals surface area contributed by atoms with E-state index in [-0.39, 0.29) is 17.4 Å². The minimum Gasteiger partial charge on any atom is -0.478 e. The van der Waals surface area contributed by atoms with E-state index in [1.807, 2.05) is 4.90 Å². The number of carboxylic acid groups (broad SMARTS) is 1. The van der Waals surface area contributed by atoms with Crippen LogP contribution in [0.1, 0.15) is 45.5 Å². The van der Waals surface area contributed by atoms with E-state index in [4.69, 9.17) is 5.11 Å². The molecule has 0 bridgehead atoms. The summed E-state index contributed by atoms with van der Waals surface area (Å²) in [4.78, 5) is 37.1. The van der Waals surface area contributed by atoms with Crippen molar-refractivity contribution in [1.82, 2.24) is 4.90 Å². The molecule has 0 spiro atoms. The molecule has 1 fully saturated rings. The Labute approximate surface area is 157 Å². The number of carbonyl (C=O) groups is 3. The molecule has 3 rings (SSSR count). The number of nitrogens with one attached hydrogen (secondary N) is 1. The summed E-state index contributed by atoms with van der Waals surface area (Å²) in [6.45, 7) is 1.62. The molecule has 1 heterocycles. The largest absolute Gasteiger partial charge is 0.478 e. The van der Waals surface area contributed by atoms with Crippen molar-refractivity contribution in [3.05, 3.63) is 65.2 Å². The van der Waals surface area contributed by atoms with E-state index in [0.29, 0.717) is 24.1 Å². The molecule has 0 aliphatic carbocycles. The topological polar surface area (TPSA) is 86.7 Å². The van der Waals surface area contributed by atoms with Crippen molar-refractivity contribution in [3.63, 3.8) is 0 Å². The lowest BCUT2D eigenvalue weighted by atomic mass is 10.1. The number of anilines is 1. The van der Waals surface area contributed by atoms with E-state index < -0.39 is 5.97 Å². The van der Waals surface area contributed by atoms with Crippen LogP contribution in [0, 0.1) is 0 Å². The molecule has 0 saturated carbocycles. The Morgan fingerprint density at radius 1 is 0.889 bits per heavy atom. The first kappa shape index (κ1) is 18.6. The maximum absolute atomic E-state index is 12.3. The predicted octanol–water partition coefficient (Wildman–Crippen LogP) is 3.19. The van der Waals surface area contributed by atoms with Gasteiger partial charge in [0.05, 0.1) is 5.56 Å². The fourth-order valence-corrected chi connectivity index (χ4v) is 3.09. The molecule has 0 unspecified atom stereocenters. The van der Waals surface area contributed by atoms with Gasteiger partial charge in [-0.15, -0.1) is 0 Å². The molecule has 0 aromatic heterocycles. The minimum atomic E-state index is -0.967. The Kier molecular flexibility index (Phi) is 5.86. The van der Waals surface area contributed by atoms with Gasteiger partial charge in [-0.2, -0.15) is 0 Å². The molecule has 6 heteroatoms. The van der Waals surface area contributed by atoms with Gasteiger partial charge >= 0.3 is 5.97 Å². The summed E-state index contributed by atoms with van der Waals surface area (Å²) in [7, 11) is 0. The van der Waals surface area contributed by atoms with Crippen LogP contribution in [0.25, 0.3) is 0 Å². The van der Waals surface area contributed by atoms with Crippen LogP contribution in [0.3, 0.4) is 0 Å². The molecule has 2 aromatic carbocycles. The SMILES string of the molecule is O=C(CCc1ccc(C(=O)O)cc1)Nc1ccc(C(=O)N2CCCC2)cc1. The molecule has 6 nitrogen and oxygen atoms in total. The zero-order valence-electron chi connectivity index (χ0n) is 15.0. The number of likely N-dealkylation sites (tertiary alicyclic amines) is 1. The number of hydrogen-bond acceptors (Lipinski definition) is 3. The Bertz CT molecular complexity index is 822. The Balaban J connectivity index is 1.50. The summed E-state index contributed by atoms with van der Waals surface area (Å²) < 4.78 is 0. The maximum Gasteiger partial charge on any atom is 0.335 e. The molecule has 2 N–H and O–H groups in total. The van der Waals surface area contributed by atoms with E-state index >= 15 is 0 Å². The van der Waals surface area contributed by atoms with Gasteiger partial charge in [0.25, 0.3) is 5.91 Å². The number of hydrogen-bond donors (Lipinski definition) is 2. The van der Waals surface area contributed by atoms with Crippen LogP contribution in [-0.2, 0) is 11.2 Å². The Morgan fingerprint density at radius 2 is 1.48 bits per heavy atom. The van der Waals surface area contributed by atoms with Crippen molar-refractivity contribution in [1.29, 1.82) is 0 Å². The molecule has 2 amide bonds. The van der Waals surface area contributed by atoms with Crippen molar-refractivity contribution >= 4 is 23.5 Å². The van der Waals surface area contributed by atoms with Gasteiger partial charge < -0.3 is 15.3 Å². The standard InChI is InChI=1S/C21H22N2O4/c24-19(12-5-15-3-6-17(7-4-15)21(26)27)22-18-10-8-16(9-11-18)20(25)23-13-1-2-14-23/h3-4,6-11H,1-2,5,12-14H2,(H,22,24)(H,26,27). The van der Waals surface area contributed by atoms with Gasteiger partial charge in [-0.1, -0.05) is 12.1 Å². The quantitative estimate of drug-likeness (QED) is 0.822. The van der Waals surface area contributed by atoms with Crippen LogP contribution in [0.4, 0.5) is 5.69 Å². The smallest absolute Gasteiger partial charge is 0.335 e. The third kappa shape index (κ3) is 4.94. The van der Waals surface area contributed by atoms with Gasteiger partial charge in [0.1, 0.15) is 0 Å². The van der Waals surface area contributed by atoms with Crippen molar-refractivity contribution in [3.8, 4) is 0 Å². The third-order valence-corrected chi connectivity index (χ3v) is 4.65. The summed E-state index contributed by atoms with van der Waals surface area (Å²) >= 11 is 0. The lowest BCUT2D eigenvalue weighted by molar-refractivity contribution is -0.116. The van der Waals surface area contributed by atoms with E-state index in [9.17, 15) is 14.4 Å². The van der Waals surface area contributed by atoms with Gasteiger partial charge in [-0.05, 0) is 61.2 Å². The Hall–Kier alpha value is -3.15. The first-order valence-corrected chi connectivity index (χ1v) is 9.04. The van der Waals surface area contributed by atoms with E-state index in [1.54, 1.807) is 36.4 Å². The van der Waals surface area contributed by atoms with Crippen LogP contribution in [-0.4, -0.2) is 40.9 Å². The van der Waals surface area contributed by atoms with E-state index in [0.717, 1.165) is 31.5 Å². The first-order valence-electron chi connectivity index (χ1n) is 9.04. The monoisotopic (exact) mass is 366 g/mol. The highest BCUT2D eigenvalue weighted by molar-refractivity contribution is 5.96. The summed E-state index contributed by atoms with van der Waals surface area (Å²) in [6.07, 6.45) is 2.93. The highest BCUT2D eigenvalue weighted by atomic mass is 16.4. The number of nitrogens with zero attached hydrogens (tertiary/aromatic N) is 1. The number of aromatic carboxylic acids is 1. The Morgan fingerprint density at radius 3 is 2.07 bits per heavy atom. The zero-order chi connectivity index (χ0) is 19.2. The van der Waals surface area contributed by atoms with Gasteiger partial charge in [0, 0.05) is 30.8 Å². The molecule has 2 aromatic rings. The van der Waals surface area contributed by atoms with Crippen molar-refractivity contribution < 1.29 is 19.5 Å². The van der Waals surface area contributed by atoms with Crippen LogP contribution >= 0.6 is 0 Å². The van der Waals surface area contributed by atoms with Gasteiger partial charge in [0.15, 0.2) is 0 Å². The molecule has 0 radical (unpaired) electrons. The predicted molar refractivity (Wildman–Crippen MR) is 102 cm³/mol. The average molecular weight is 366 g/mol. The number of carboxylic acids is 1. The number of carbonyl (C=O) groups excluding carboxylic acids is 2. The molecule has 0 atom stereocenters. The summed E-state index contributed by atoms with van der Waals surface area (Å²) in [5, 5.41) is 11.7. The molecule has 27 heavy (non-hydrogen) atoms. The maximum atomic E-state index is 12.3. The van der Waals surface area contributed by atoms with Gasteiger partial charge in [-0.3, -0.25) is 9.59 Å². The van der Waals surface area contributed by atoms with Crippen molar-refractivity contribution in [2.24, 2.45) is 0 Å². The third-order valence-electron chi connectivity index (χ3n) is 4.65. The first-order chi connectivity index (χ1) is 13.0. The summed E-state index contributed by atoms with van der Waals surface area (Å²) in [5.41, 5.74) is 2.42. The second-order valence-electron chi connectivity index (χ2n) is 6.63. The number of aryl methyl sites for hydroxylation is 1. The van der Waals surface area contributed by atoms with Gasteiger partial charge in [0.2, 0.25) is 5.91 Å². The fourth-order valence-electron chi connectivity index (χ4n) is 3.09. The highest BCUT2D eigenvalue weighted by Crippen LogP contribution is 2.16. The average Bonchev–Trinajstić information content (AvgIpc) is 3.21. The minimum absolute atomic E-state index is 0.0372. The zero-order valence-corrected chi connectivity index (χ0v) is 15.0. The molecule has 1 saturated heterocycles. The second kappa shape index (κ2) is 8.49. The van der Waals surface area contributed by atoms with E-state index in [2.05, 4.69) is 5.32 Å². The second-order valence-corrected chi connectivity index (χ2v) is 6.63. The fraction of sp³-hybridized carbons (Fsp3) is 0.286. The van der Waals surface area contributed by atoms with Crippen molar-refractivity contribution in [2.45, 2.75) is 25.7 Å². The molecular formula is C21H22N2O4. The molecule has 1 aliphatic rings. The van der Waals surface area contributed by atoms with Crippen LogP contribution < -0.4 is 5.32 Å². The van der Waals surface area contributed by atoms with Crippen molar-refractivity contribution in [2.75, 3.05) is 18.4 Å². The summed E-state index contributed by atoms with van der Waals surface area (Å²) in [5.74, 6) is -1.06. The molecule has 1 aliphatic heterocycles. The lowest BCUT2D eigenvalue weighted by Gasteiger charge is -2.15. The lowest BCUT2D eigenvalue weighted by Crippen LogP contribution is -2.27. The van der Waals surface area contributed by atoms with Crippen LogP contribution in [0.2, 0.25) is 0 Å². The number of amides is 2. The molecule has 140 valence electrons. The van der Waals surface area contributed by atoms with E-state index in [1.165, 1.54) is 12.1 Å². The number of benzene rings is 2.